The van der Waals surface area contributed by atoms with Crippen LogP contribution in [0.4, 0.5) is 0 Å². The van der Waals surface area contributed by atoms with Gasteiger partial charge in [-0.15, -0.1) is 0 Å². The molecule has 0 atom stereocenters. The smallest absolute Gasteiger partial charge is 0.311 e. The molecule has 0 unspecified atom stereocenters. The molecule has 0 heterocycles. The van der Waals surface area contributed by atoms with Gasteiger partial charge < -0.3 is 4.74 Å². The summed E-state index contributed by atoms with van der Waals surface area (Å²) in [7, 11) is 0. The molecule has 0 N–H and O–H groups in total. The van der Waals surface area contributed by atoms with Crippen molar-refractivity contribution in [3.63, 3.8) is 0 Å². The summed E-state index contributed by atoms with van der Waals surface area (Å²) in [4.78, 5) is 11.2. The average Bonchev–Trinajstić information content (AvgIpc) is 2.22. The predicted molar refractivity (Wildman–Crippen MR) is 61.7 cm³/mol. The monoisotopic (exact) mass is 204 g/mol. The Hall–Kier alpha value is -1.57. The van der Waals surface area contributed by atoms with Gasteiger partial charge in [-0.1, -0.05) is 31.2 Å². The van der Waals surface area contributed by atoms with Gasteiger partial charge in [0.25, 0.3) is 0 Å². The average molecular weight is 204 g/mol. The molecular formula is C13H16O2. The van der Waals surface area contributed by atoms with E-state index in [2.05, 4.69) is 0 Å². The summed E-state index contributed by atoms with van der Waals surface area (Å²) in [6.45, 7) is 3.92. The van der Waals surface area contributed by atoms with Crippen LogP contribution < -0.4 is 4.74 Å². The first-order valence-corrected chi connectivity index (χ1v) is 5.19. The van der Waals surface area contributed by atoms with E-state index in [0.717, 1.165) is 12.0 Å². The minimum absolute atomic E-state index is 0.170. The fraction of sp³-hybridized carbons (Fsp3) is 0.308. The van der Waals surface area contributed by atoms with Crippen LogP contribution in [0.1, 0.15) is 32.3 Å². The van der Waals surface area contributed by atoms with E-state index in [1.807, 2.05) is 50.3 Å². The van der Waals surface area contributed by atoms with Crippen molar-refractivity contribution in [1.29, 1.82) is 0 Å². The molecule has 1 aromatic rings. The van der Waals surface area contributed by atoms with Crippen LogP contribution >= 0.6 is 0 Å². The normalized spacial score (nSPS) is 10.5. The molecule has 0 aliphatic rings. The van der Waals surface area contributed by atoms with Crippen molar-refractivity contribution in [2.75, 3.05) is 0 Å². The highest BCUT2D eigenvalue weighted by Crippen LogP contribution is 2.14. The second-order valence-electron chi connectivity index (χ2n) is 3.29. The summed E-state index contributed by atoms with van der Waals surface area (Å²) in [5.41, 5.74) is 1.10. The van der Waals surface area contributed by atoms with Crippen LogP contribution in [0.3, 0.4) is 0 Å². The van der Waals surface area contributed by atoms with E-state index in [9.17, 15) is 4.79 Å². The van der Waals surface area contributed by atoms with Crippen molar-refractivity contribution < 1.29 is 9.53 Å². The highest BCUT2D eigenvalue weighted by Gasteiger charge is 2.02. The van der Waals surface area contributed by atoms with Gasteiger partial charge in [0, 0.05) is 6.42 Å². The summed E-state index contributed by atoms with van der Waals surface area (Å²) in [6.07, 6.45) is 5.25. The molecule has 0 bridgehead atoms. The van der Waals surface area contributed by atoms with Gasteiger partial charge in [0.1, 0.15) is 5.75 Å². The largest absolute Gasteiger partial charge is 0.427 e. The number of hydrogen-bond donors (Lipinski definition) is 0. The molecular weight excluding hydrogens is 188 g/mol. The van der Waals surface area contributed by atoms with Crippen LogP contribution in [0.25, 0.3) is 6.08 Å². The minimum Gasteiger partial charge on any atom is -0.427 e. The third kappa shape index (κ3) is 3.98. The molecule has 0 aliphatic carbocycles. The number of ether oxygens (including phenoxy) is 1. The Labute approximate surface area is 90.6 Å². The van der Waals surface area contributed by atoms with Gasteiger partial charge in [-0.05, 0) is 31.0 Å². The number of benzene rings is 1. The van der Waals surface area contributed by atoms with Crippen LogP contribution in [0.15, 0.2) is 30.3 Å². The lowest BCUT2D eigenvalue weighted by Crippen LogP contribution is -2.06. The van der Waals surface area contributed by atoms with Gasteiger partial charge in [0.2, 0.25) is 0 Å². The lowest BCUT2D eigenvalue weighted by atomic mass is 10.2. The highest BCUT2D eigenvalue weighted by molar-refractivity contribution is 5.72. The number of carbonyl (C=O) groups excluding carboxylic acids is 1. The van der Waals surface area contributed by atoms with E-state index in [1.54, 1.807) is 0 Å². The molecule has 80 valence electrons. The quantitative estimate of drug-likeness (QED) is 0.555. The summed E-state index contributed by atoms with van der Waals surface area (Å²) >= 11 is 0. The second kappa shape index (κ2) is 6.02. The Balaban J connectivity index is 2.60. The molecule has 0 amide bonds. The van der Waals surface area contributed by atoms with Gasteiger partial charge in [-0.3, -0.25) is 4.79 Å². The van der Waals surface area contributed by atoms with Gasteiger partial charge in [-0.25, -0.2) is 0 Å². The highest BCUT2D eigenvalue weighted by atomic mass is 16.5. The Kier molecular flexibility index (Phi) is 4.61. The lowest BCUT2D eigenvalue weighted by molar-refractivity contribution is -0.134. The van der Waals surface area contributed by atoms with Crippen LogP contribution in [0.2, 0.25) is 0 Å². The summed E-state index contributed by atoms with van der Waals surface area (Å²) < 4.78 is 5.12. The third-order valence-electron chi connectivity index (χ3n) is 1.93. The van der Waals surface area contributed by atoms with Gasteiger partial charge in [0.15, 0.2) is 0 Å². The van der Waals surface area contributed by atoms with Crippen molar-refractivity contribution >= 4 is 12.0 Å². The summed E-state index contributed by atoms with van der Waals surface area (Å²) in [5, 5.41) is 0. The van der Waals surface area contributed by atoms with Crippen molar-refractivity contribution in [2.45, 2.75) is 26.7 Å². The number of rotatable bonds is 4. The molecule has 1 aromatic carbocycles. The van der Waals surface area contributed by atoms with Crippen LogP contribution in [-0.4, -0.2) is 5.97 Å². The van der Waals surface area contributed by atoms with Crippen molar-refractivity contribution in [3.8, 4) is 5.75 Å². The van der Waals surface area contributed by atoms with Crippen molar-refractivity contribution in [1.82, 2.24) is 0 Å². The van der Waals surface area contributed by atoms with E-state index in [4.69, 9.17) is 4.74 Å². The molecule has 2 heteroatoms. The van der Waals surface area contributed by atoms with E-state index in [0.29, 0.717) is 12.2 Å². The summed E-state index contributed by atoms with van der Waals surface area (Å²) in [6, 6.07) is 7.47. The second-order valence-corrected chi connectivity index (χ2v) is 3.29. The van der Waals surface area contributed by atoms with Crippen molar-refractivity contribution in [2.24, 2.45) is 0 Å². The van der Waals surface area contributed by atoms with Crippen molar-refractivity contribution in [3.05, 3.63) is 35.9 Å². The van der Waals surface area contributed by atoms with E-state index < -0.39 is 0 Å². The molecule has 2 nitrogen and oxygen atoms in total. The molecule has 0 radical (unpaired) electrons. The van der Waals surface area contributed by atoms with Gasteiger partial charge in [0.05, 0.1) is 0 Å². The van der Waals surface area contributed by atoms with Crippen LogP contribution in [-0.2, 0) is 4.79 Å². The number of hydrogen-bond acceptors (Lipinski definition) is 2. The van der Waals surface area contributed by atoms with E-state index in [-0.39, 0.29) is 5.97 Å². The maximum Gasteiger partial charge on any atom is 0.311 e. The lowest BCUT2D eigenvalue weighted by Gasteiger charge is -2.03. The SMILES string of the molecule is C/C=C/c1ccc(OC(=O)CCC)cc1. The van der Waals surface area contributed by atoms with E-state index in [1.165, 1.54) is 0 Å². The first-order valence-electron chi connectivity index (χ1n) is 5.19. The van der Waals surface area contributed by atoms with E-state index >= 15 is 0 Å². The van der Waals surface area contributed by atoms with Gasteiger partial charge >= 0.3 is 5.97 Å². The fourth-order valence-electron chi connectivity index (χ4n) is 1.23. The molecule has 0 saturated heterocycles. The minimum atomic E-state index is -0.170. The molecule has 0 saturated carbocycles. The Morgan fingerprint density at radius 3 is 2.53 bits per heavy atom. The number of esters is 1. The maximum absolute atomic E-state index is 11.2. The Morgan fingerprint density at radius 1 is 1.33 bits per heavy atom. The molecule has 15 heavy (non-hydrogen) atoms. The third-order valence-corrected chi connectivity index (χ3v) is 1.93. The maximum atomic E-state index is 11.2. The summed E-state index contributed by atoms with van der Waals surface area (Å²) in [5.74, 6) is 0.443. The van der Waals surface area contributed by atoms with Crippen LogP contribution in [0, 0.1) is 0 Å². The molecule has 0 spiro atoms. The fourth-order valence-corrected chi connectivity index (χ4v) is 1.23. The molecule has 0 aromatic heterocycles. The zero-order valence-corrected chi connectivity index (χ0v) is 9.19. The topological polar surface area (TPSA) is 26.3 Å². The first kappa shape index (κ1) is 11.5. The number of carbonyl (C=O) groups is 1. The standard InChI is InChI=1S/C13H16O2/c1-3-5-11-7-9-12(10-8-11)15-13(14)6-4-2/h3,5,7-10H,4,6H2,1-2H3/b5-3+. The number of allylic oxidation sites excluding steroid dienone is 1. The van der Waals surface area contributed by atoms with Gasteiger partial charge in [-0.2, -0.15) is 0 Å². The Morgan fingerprint density at radius 2 is 2.00 bits per heavy atom. The zero-order chi connectivity index (χ0) is 11.1. The predicted octanol–water partition coefficient (Wildman–Crippen LogP) is 3.43. The molecule has 1 rings (SSSR count). The molecule has 0 aliphatic heterocycles. The Bertz CT molecular complexity index is 336. The first-order chi connectivity index (χ1) is 7.26. The molecule has 0 fully saturated rings. The van der Waals surface area contributed by atoms with Crippen LogP contribution in [0.5, 0.6) is 5.75 Å². The zero-order valence-electron chi connectivity index (χ0n) is 9.19.